The molecule has 3 aromatic rings. The Morgan fingerprint density at radius 2 is 1.52 bits per heavy atom. The molecule has 4 rings (SSSR count). The molecule has 5 nitrogen and oxygen atoms in total. The van der Waals surface area contributed by atoms with Gasteiger partial charge in [-0.15, -0.1) is 0 Å². The van der Waals surface area contributed by atoms with Crippen LogP contribution < -0.4 is 9.47 Å². The molecule has 0 N–H and O–H groups in total. The van der Waals surface area contributed by atoms with E-state index in [1.807, 2.05) is 65.2 Å². The summed E-state index contributed by atoms with van der Waals surface area (Å²) in [7, 11) is -1.11. The van der Waals surface area contributed by atoms with E-state index in [0.29, 0.717) is 40.7 Å². The van der Waals surface area contributed by atoms with Crippen LogP contribution in [-0.2, 0) is 17.3 Å². The third-order valence-corrected chi connectivity index (χ3v) is 4.75. The fraction of sp³-hybridized carbons (Fsp3) is 0.118. The van der Waals surface area contributed by atoms with Crippen molar-refractivity contribution in [1.82, 2.24) is 9.55 Å². The first-order valence-corrected chi connectivity index (χ1v) is 8.58. The molecule has 0 spiro atoms. The molecule has 23 heavy (non-hydrogen) atoms. The highest BCUT2D eigenvalue weighted by Crippen LogP contribution is 2.38. The van der Waals surface area contributed by atoms with Gasteiger partial charge in [-0.2, -0.15) is 4.98 Å². The Hall–Kier alpha value is -2.60. The molecular weight excluding hydrogens is 312 g/mol. The first-order valence-electron chi connectivity index (χ1n) is 7.26. The van der Waals surface area contributed by atoms with Crippen molar-refractivity contribution in [2.24, 2.45) is 0 Å². The molecule has 0 fully saturated rings. The molecule has 116 valence electrons. The maximum atomic E-state index is 12.1. The zero-order chi connectivity index (χ0) is 15.6. The standard InChI is InChI=1S/C17H14N2O3S/c20-23-12-11-19-16(22-14-9-5-2-6-10-14)15(18-17(19)23)21-13-7-3-1-4-8-13/h1-10H,11-12H2. The molecule has 0 bridgehead atoms. The summed E-state index contributed by atoms with van der Waals surface area (Å²) in [4.78, 5) is 4.38. The highest BCUT2D eigenvalue weighted by atomic mass is 32.2. The first kappa shape index (κ1) is 14.0. The Bertz CT molecular complexity index is 847. The van der Waals surface area contributed by atoms with Crippen LogP contribution in [-0.4, -0.2) is 19.5 Å². The molecule has 1 aromatic heterocycles. The average molecular weight is 326 g/mol. The normalized spacial score (nSPS) is 16.1. The molecule has 2 heterocycles. The lowest BCUT2D eigenvalue weighted by Crippen LogP contribution is -1.98. The summed E-state index contributed by atoms with van der Waals surface area (Å²) in [6.07, 6.45) is 0. The van der Waals surface area contributed by atoms with E-state index in [9.17, 15) is 4.21 Å². The molecule has 0 radical (unpaired) electrons. The van der Waals surface area contributed by atoms with Crippen LogP contribution in [0.25, 0.3) is 0 Å². The number of benzene rings is 2. The Labute approximate surface area is 136 Å². The quantitative estimate of drug-likeness (QED) is 0.735. The van der Waals surface area contributed by atoms with Crippen LogP contribution in [0.4, 0.5) is 0 Å². The predicted octanol–water partition coefficient (Wildman–Crippen LogP) is 3.59. The lowest BCUT2D eigenvalue weighted by Gasteiger charge is -2.09. The number of imidazole rings is 1. The lowest BCUT2D eigenvalue weighted by molar-refractivity contribution is 0.385. The summed E-state index contributed by atoms with van der Waals surface area (Å²) in [5.74, 6) is 2.72. The van der Waals surface area contributed by atoms with Gasteiger partial charge in [0.05, 0.1) is 10.8 Å². The molecule has 0 saturated carbocycles. The van der Waals surface area contributed by atoms with Crippen molar-refractivity contribution in [3.63, 3.8) is 0 Å². The maximum absolute atomic E-state index is 12.1. The Morgan fingerprint density at radius 1 is 0.913 bits per heavy atom. The molecule has 6 heteroatoms. The number of ether oxygens (including phenoxy) is 2. The number of aromatic nitrogens is 2. The number of fused-ring (bicyclic) bond motifs is 1. The molecule has 1 unspecified atom stereocenters. The highest BCUT2D eigenvalue weighted by Gasteiger charge is 2.29. The number of hydrogen-bond donors (Lipinski definition) is 0. The van der Waals surface area contributed by atoms with Crippen molar-refractivity contribution in [1.29, 1.82) is 0 Å². The second kappa shape index (κ2) is 5.89. The van der Waals surface area contributed by atoms with Gasteiger partial charge in [-0.1, -0.05) is 36.4 Å². The Balaban J connectivity index is 1.73. The monoisotopic (exact) mass is 326 g/mol. The minimum Gasteiger partial charge on any atom is -0.436 e. The molecule has 1 aliphatic heterocycles. The highest BCUT2D eigenvalue weighted by molar-refractivity contribution is 7.85. The van der Waals surface area contributed by atoms with E-state index in [1.54, 1.807) is 0 Å². The summed E-state index contributed by atoms with van der Waals surface area (Å²) in [5, 5.41) is 0.502. The van der Waals surface area contributed by atoms with Gasteiger partial charge in [-0.05, 0) is 24.3 Å². The largest absolute Gasteiger partial charge is 0.436 e. The molecule has 0 amide bonds. The number of hydrogen-bond acceptors (Lipinski definition) is 4. The molecular formula is C17H14N2O3S. The number of para-hydroxylation sites is 2. The van der Waals surface area contributed by atoms with Gasteiger partial charge >= 0.3 is 0 Å². The van der Waals surface area contributed by atoms with Gasteiger partial charge in [-0.3, -0.25) is 8.78 Å². The van der Waals surface area contributed by atoms with Gasteiger partial charge in [-0.25, -0.2) is 0 Å². The van der Waals surface area contributed by atoms with Gasteiger partial charge in [0.2, 0.25) is 5.16 Å². The van der Waals surface area contributed by atoms with Gasteiger partial charge in [0, 0.05) is 12.3 Å². The van der Waals surface area contributed by atoms with Crippen LogP contribution in [0, 0.1) is 0 Å². The molecule has 0 saturated heterocycles. The van der Waals surface area contributed by atoms with Crippen LogP contribution in [0.5, 0.6) is 23.3 Å². The smallest absolute Gasteiger partial charge is 0.284 e. The summed E-state index contributed by atoms with van der Waals surface area (Å²) in [6.45, 7) is 0.606. The lowest BCUT2D eigenvalue weighted by atomic mass is 10.3. The van der Waals surface area contributed by atoms with Gasteiger partial charge in [0.1, 0.15) is 11.5 Å². The van der Waals surface area contributed by atoms with E-state index in [-0.39, 0.29) is 0 Å². The van der Waals surface area contributed by atoms with E-state index in [1.165, 1.54) is 0 Å². The minimum atomic E-state index is -1.11. The zero-order valence-corrected chi connectivity index (χ0v) is 13.0. The summed E-state index contributed by atoms with van der Waals surface area (Å²) in [6, 6.07) is 18.8. The number of nitrogens with zero attached hydrogens (tertiary/aromatic N) is 2. The van der Waals surface area contributed by atoms with Crippen molar-refractivity contribution in [3.05, 3.63) is 60.7 Å². The van der Waals surface area contributed by atoms with Gasteiger partial charge in [0.15, 0.2) is 0 Å². The van der Waals surface area contributed by atoms with E-state index in [0.717, 1.165) is 0 Å². The van der Waals surface area contributed by atoms with E-state index < -0.39 is 10.8 Å². The summed E-state index contributed by atoms with van der Waals surface area (Å²) < 4.78 is 25.7. The minimum absolute atomic E-state index is 0.336. The van der Waals surface area contributed by atoms with E-state index in [4.69, 9.17) is 9.47 Å². The molecule has 1 atom stereocenters. The van der Waals surface area contributed by atoms with Crippen LogP contribution >= 0.6 is 0 Å². The third kappa shape index (κ3) is 2.73. The van der Waals surface area contributed by atoms with Gasteiger partial charge in [0.25, 0.3) is 11.8 Å². The SMILES string of the molecule is O=S1CCn2c1nc(Oc1ccccc1)c2Oc1ccccc1. The van der Waals surface area contributed by atoms with E-state index >= 15 is 0 Å². The van der Waals surface area contributed by atoms with Crippen molar-refractivity contribution < 1.29 is 13.7 Å². The van der Waals surface area contributed by atoms with Crippen LogP contribution in [0.2, 0.25) is 0 Å². The molecule has 2 aromatic carbocycles. The van der Waals surface area contributed by atoms with Crippen molar-refractivity contribution in [3.8, 4) is 23.3 Å². The van der Waals surface area contributed by atoms with Crippen LogP contribution in [0.15, 0.2) is 65.8 Å². The predicted molar refractivity (Wildman–Crippen MR) is 86.5 cm³/mol. The average Bonchev–Trinajstić information content (AvgIpc) is 3.11. The fourth-order valence-corrected chi connectivity index (χ4v) is 3.54. The second-order valence-corrected chi connectivity index (χ2v) is 6.50. The summed E-state index contributed by atoms with van der Waals surface area (Å²) in [5.41, 5.74) is 0. The van der Waals surface area contributed by atoms with Crippen LogP contribution in [0.3, 0.4) is 0 Å². The summed E-state index contributed by atoms with van der Waals surface area (Å²) >= 11 is 0. The van der Waals surface area contributed by atoms with Crippen molar-refractivity contribution in [2.45, 2.75) is 11.7 Å². The topological polar surface area (TPSA) is 53.4 Å². The first-order chi connectivity index (χ1) is 11.3. The van der Waals surface area contributed by atoms with Crippen LogP contribution in [0.1, 0.15) is 0 Å². The fourth-order valence-electron chi connectivity index (χ4n) is 2.40. The Morgan fingerprint density at radius 3 is 2.17 bits per heavy atom. The van der Waals surface area contributed by atoms with Crippen molar-refractivity contribution >= 4 is 10.8 Å². The van der Waals surface area contributed by atoms with E-state index in [2.05, 4.69) is 4.98 Å². The maximum Gasteiger partial charge on any atom is 0.284 e. The second-order valence-electron chi connectivity index (χ2n) is 5.04. The number of rotatable bonds is 4. The van der Waals surface area contributed by atoms with Crippen molar-refractivity contribution in [2.75, 3.05) is 5.75 Å². The molecule has 0 aliphatic carbocycles. The Kier molecular flexibility index (Phi) is 3.59. The zero-order valence-electron chi connectivity index (χ0n) is 12.2. The molecule has 1 aliphatic rings. The third-order valence-electron chi connectivity index (χ3n) is 3.48. The van der Waals surface area contributed by atoms with Gasteiger partial charge < -0.3 is 9.47 Å².